The summed E-state index contributed by atoms with van der Waals surface area (Å²) in [7, 11) is 0. The minimum atomic E-state index is 0. The average Bonchev–Trinajstić information content (AvgIpc) is 2.96. The van der Waals surface area contributed by atoms with Crippen molar-refractivity contribution < 1.29 is 28.5 Å². The third kappa shape index (κ3) is 18.5. The van der Waals surface area contributed by atoms with Crippen LogP contribution < -0.4 is 24.0 Å². The molecular weight excluding hydrogens is 597 g/mol. The molecule has 0 saturated carbocycles. The molecule has 2 heteroatoms. The number of rotatable bonds is 26. The van der Waals surface area contributed by atoms with Crippen molar-refractivity contribution in [2.45, 2.75) is 155 Å². The van der Waals surface area contributed by atoms with Crippen molar-refractivity contribution >= 4 is 0 Å². The number of halogens is 1. The average molecular weight is 662 g/mol. The summed E-state index contributed by atoms with van der Waals surface area (Å²) in [5, 5.41) is 0. The third-order valence-corrected chi connectivity index (χ3v) is 8.69. The van der Waals surface area contributed by atoms with Gasteiger partial charge in [0.15, 0.2) is 0 Å². The summed E-state index contributed by atoms with van der Waals surface area (Å²) in [5.74, 6) is 0. The molecule has 0 spiro atoms. The summed E-state index contributed by atoms with van der Waals surface area (Å²) < 4.78 is 1.22. The second-order valence-corrected chi connectivity index (χ2v) is 12.4. The zero-order valence-corrected chi connectivity index (χ0v) is 28.7. The molecule has 2 aromatic rings. The van der Waals surface area contributed by atoms with Gasteiger partial charge < -0.3 is 28.5 Å². The van der Waals surface area contributed by atoms with E-state index >= 15 is 0 Å². The van der Waals surface area contributed by atoms with Gasteiger partial charge in [-0.2, -0.15) is 0 Å². The molecule has 0 atom stereocenters. The van der Waals surface area contributed by atoms with Gasteiger partial charge in [0.25, 0.3) is 0 Å². The van der Waals surface area contributed by atoms with Crippen LogP contribution in [0.3, 0.4) is 0 Å². The SMILES string of the molecule is CCCCCCCCCCCC[N+](CCCCCCCCCCCC)(Cc1ccccc1)Cc1ccccc1.[I-]. The lowest BCUT2D eigenvalue weighted by atomic mass is 10.0. The molecule has 0 bridgehead atoms. The van der Waals surface area contributed by atoms with Gasteiger partial charge in [-0.15, -0.1) is 0 Å². The number of hydrogen-bond acceptors (Lipinski definition) is 0. The van der Waals surface area contributed by atoms with Crippen LogP contribution in [0, 0.1) is 0 Å². The molecule has 0 unspecified atom stereocenters. The molecule has 0 aromatic heterocycles. The Morgan fingerprint density at radius 1 is 0.375 bits per heavy atom. The van der Waals surface area contributed by atoms with Crippen molar-refractivity contribution in [2.75, 3.05) is 13.1 Å². The van der Waals surface area contributed by atoms with Crippen LogP contribution in [0.5, 0.6) is 0 Å². The van der Waals surface area contributed by atoms with Crippen LogP contribution in [0.4, 0.5) is 0 Å². The van der Waals surface area contributed by atoms with E-state index in [1.54, 1.807) is 0 Å². The smallest absolute Gasteiger partial charge is 0.105 e. The Balaban J connectivity index is 0.00000800. The van der Waals surface area contributed by atoms with E-state index in [0.29, 0.717) is 0 Å². The number of unbranched alkanes of at least 4 members (excludes halogenated alkanes) is 18. The van der Waals surface area contributed by atoms with Gasteiger partial charge >= 0.3 is 0 Å². The highest BCUT2D eigenvalue weighted by atomic mass is 127. The van der Waals surface area contributed by atoms with Crippen LogP contribution in [0.15, 0.2) is 60.7 Å². The van der Waals surface area contributed by atoms with Crippen LogP contribution in [0.25, 0.3) is 0 Å². The van der Waals surface area contributed by atoms with Gasteiger partial charge in [0, 0.05) is 11.1 Å². The zero-order valence-electron chi connectivity index (χ0n) is 26.6. The van der Waals surface area contributed by atoms with Crippen molar-refractivity contribution in [1.82, 2.24) is 0 Å². The Hall–Kier alpha value is -0.870. The molecule has 2 rings (SSSR count). The van der Waals surface area contributed by atoms with E-state index in [1.807, 2.05) is 0 Å². The first kappa shape index (κ1) is 37.2. The van der Waals surface area contributed by atoms with Gasteiger partial charge in [-0.3, -0.25) is 0 Å². The van der Waals surface area contributed by atoms with E-state index in [1.165, 1.54) is 170 Å². The van der Waals surface area contributed by atoms with Gasteiger partial charge in [0.2, 0.25) is 0 Å². The van der Waals surface area contributed by atoms with Crippen LogP contribution in [-0.2, 0) is 13.1 Å². The van der Waals surface area contributed by atoms with Gasteiger partial charge in [-0.25, -0.2) is 0 Å². The van der Waals surface area contributed by atoms with Crippen molar-refractivity contribution in [3.63, 3.8) is 0 Å². The highest BCUT2D eigenvalue weighted by Gasteiger charge is 2.27. The Labute approximate surface area is 267 Å². The minimum absolute atomic E-state index is 0. The largest absolute Gasteiger partial charge is 1.00 e. The molecular formula is C38H64IN. The van der Waals surface area contributed by atoms with E-state index < -0.39 is 0 Å². The predicted octanol–water partition coefficient (Wildman–Crippen LogP) is 9.05. The second kappa shape index (κ2) is 25.8. The van der Waals surface area contributed by atoms with Gasteiger partial charge in [0.05, 0.1) is 13.1 Å². The zero-order chi connectivity index (χ0) is 27.7. The molecule has 2 aromatic carbocycles. The predicted molar refractivity (Wildman–Crippen MR) is 174 cm³/mol. The van der Waals surface area contributed by atoms with E-state index in [4.69, 9.17) is 0 Å². The van der Waals surface area contributed by atoms with E-state index in [-0.39, 0.29) is 24.0 Å². The highest BCUT2D eigenvalue weighted by molar-refractivity contribution is 5.15. The Bertz CT molecular complexity index is 707. The van der Waals surface area contributed by atoms with Gasteiger partial charge in [0.1, 0.15) is 13.1 Å². The van der Waals surface area contributed by atoms with Crippen molar-refractivity contribution in [3.05, 3.63) is 71.8 Å². The Morgan fingerprint density at radius 3 is 0.950 bits per heavy atom. The molecule has 0 aliphatic heterocycles. The second-order valence-electron chi connectivity index (χ2n) is 12.4. The number of hydrogen-bond donors (Lipinski definition) is 0. The van der Waals surface area contributed by atoms with E-state index in [0.717, 1.165) is 0 Å². The first-order chi connectivity index (χ1) is 19.3. The monoisotopic (exact) mass is 661 g/mol. The third-order valence-electron chi connectivity index (χ3n) is 8.69. The van der Waals surface area contributed by atoms with Gasteiger partial charge in [-0.05, 0) is 25.7 Å². The Kier molecular flexibility index (Phi) is 24.0. The van der Waals surface area contributed by atoms with Crippen LogP contribution in [0.1, 0.15) is 153 Å². The first-order valence-corrected chi connectivity index (χ1v) is 17.2. The molecule has 1 nitrogen and oxygen atoms in total. The molecule has 0 heterocycles. The van der Waals surface area contributed by atoms with Gasteiger partial charge in [-0.1, -0.05) is 177 Å². The van der Waals surface area contributed by atoms with Crippen LogP contribution in [-0.4, -0.2) is 17.6 Å². The maximum absolute atomic E-state index is 2.36. The normalized spacial score (nSPS) is 11.4. The highest BCUT2D eigenvalue weighted by Crippen LogP contribution is 2.24. The summed E-state index contributed by atoms with van der Waals surface area (Å²) in [4.78, 5) is 0. The van der Waals surface area contributed by atoms with Crippen LogP contribution in [0.2, 0.25) is 0 Å². The fraction of sp³-hybridized carbons (Fsp3) is 0.684. The molecule has 228 valence electrons. The van der Waals surface area contributed by atoms with Crippen LogP contribution >= 0.6 is 0 Å². The summed E-state index contributed by atoms with van der Waals surface area (Å²) in [6.45, 7) is 9.60. The lowest BCUT2D eigenvalue weighted by molar-refractivity contribution is -0.954. The van der Waals surface area contributed by atoms with Crippen molar-refractivity contribution in [2.24, 2.45) is 0 Å². The molecule has 0 N–H and O–H groups in total. The number of nitrogens with zero attached hydrogens (tertiary/aromatic N) is 1. The summed E-state index contributed by atoms with van der Waals surface area (Å²) in [5.41, 5.74) is 3.01. The molecule has 0 aliphatic carbocycles. The summed E-state index contributed by atoms with van der Waals surface area (Å²) in [6, 6.07) is 22.7. The number of benzene rings is 2. The summed E-state index contributed by atoms with van der Waals surface area (Å²) >= 11 is 0. The maximum atomic E-state index is 2.36. The maximum Gasteiger partial charge on any atom is 0.105 e. The molecule has 0 fully saturated rings. The standard InChI is InChI=1S/C38H64N.HI/c1-3-5-7-9-11-13-15-17-19-27-33-39(35-37-29-23-21-24-30-37,36-38-31-25-22-26-32-38)34-28-20-18-16-14-12-10-8-6-4-2;/h21-26,29-32H,3-20,27-28,33-36H2,1-2H3;1H/q+1;/p-1. The Morgan fingerprint density at radius 2 is 0.650 bits per heavy atom. The lowest BCUT2D eigenvalue weighted by Crippen LogP contribution is -3.00. The molecule has 0 aliphatic rings. The van der Waals surface area contributed by atoms with E-state index in [9.17, 15) is 0 Å². The van der Waals surface area contributed by atoms with E-state index in [2.05, 4.69) is 74.5 Å². The van der Waals surface area contributed by atoms with Crippen molar-refractivity contribution in [3.8, 4) is 0 Å². The fourth-order valence-electron chi connectivity index (χ4n) is 6.29. The lowest BCUT2D eigenvalue weighted by Gasteiger charge is -2.39. The molecule has 0 radical (unpaired) electrons. The molecule has 40 heavy (non-hydrogen) atoms. The topological polar surface area (TPSA) is 0 Å². The summed E-state index contributed by atoms with van der Waals surface area (Å²) in [6.07, 6.45) is 28.3. The minimum Gasteiger partial charge on any atom is -1.00 e. The van der Waals surface area contributed by atoms with Crippen molar-refractivity contribution in [1.29, 1.82) is 0 Å². The number of quaternary nitrogens is 1. The first-order valence-electron chi connectivity index (χ1n) is 17.2. The molecule has 0 saturated heterocycles. The fourth-order valence-corrected chi connectivity index (χ4v) is 6.29. The quantitative estimate of drug-likeness (QED) is 0.0536. The molecule has 0 amide bonds.